The van der Waals surface area contributed by atoms with Crippen molar-refractivity contribution in [2.24, 2.45) is 0 Å². The number of nitrogens with zero attached hydrogens (tertiary/aromatic N) is 1. The van der Waals surface area contributed by atoms with Gasteiger partial charge in [0.1, 0.15) is 5.01 Å². The van der Waals surface area contributed by atoms with Gasteiger partial charge in [-0.2, -0.15) is 0 Å². The smallest absolute Gasteiger partial charge is 0.303 e. The lowest BCUT2D eigenvalue weighted by Crippen LogP contribution is -2.03. The second-order valence-electron chi connectivity index (χ2n) is 9.05. The number of aromatic nitrogens is 1. The summed E-state index contributed by atoms with van der Waals surface area (Å²) in [6, 6.07) is 12.3. The minimum absolute atomic E-state index is 0.100. The van der Waals surface area contributed by atoms with Gasteiger partial charge < -0.3 is 5.11 Å². The van der Waals surface area contributed by atoms with Crippen LogP contribution in [0.1, 0.15) is 82.9 Å². The van der Waals surface area contributed by atoms with Gasteiger partial charge in [-0.15, -0.1) is 11.3 Å². The number of Topliss-reactive ketones (excluding diaryl/α,β-unsaturated/α-hetero) is 1. The van der Waals surface area contributed by atoms with Gasteiger partial charge in [0.05, 0.1) is 0 Å². The highest BCUT2D eigenvalue weighted by molar-refractivity contribution is 7.15. The van der Waals surface area contributed by atoms with Gasteiger partial charge in [-0.1, -0.05) is 56.5 Å². The number of carboxylic acid groups (broad SMARTS) is 1. The predicted molar refractivity (Wildman–Crippen MR) is 140 cm³/mol. The maximum Gasteiger partial charge on any atom is 0.303 e. The van der Waals surface area contributed by atoms with E-state index in [9.17, 15) is 9.59 Å². The van der Waals surface area contributed by atoms with E-state index in [1.54, 1.807) is 11.3 Å². The SMILES string of the molecule is CCCCCCc1ccc(-c2ncc(CCC(=O)c3ccc(CCC(=O)O)c(C)c3)s2)c(C)c1. The first-order valence-electron chi connectivity index (χ1n) is 12.3. The summed E-state index contributed by atoms with van der Waals surface area (Å²) in [6.45, 7) is 6.32. The Bertz CT molecular complexity index is 1130. The van der Waals surface area contributed by atoms with Crippen molar-refractivity contribution in [3.63, 3.8) is 0 Å². The number of carbonyl (C=O) groups is 2. The summed E-state index contributed by atoms with van der Waals surface area (Å²) < 4.78 is 0. The molecule has 1 heterocycles. The molecule has 0 saturated heterocycles. The van der Waals surface area contributed by atoms with Crippen molar-refractivity contribution in [1.82, 2.24) is 4.98 Å². The van der Waals surface area contributed by atoms with Crippen molar-refractivity contribution in [2.75, 3.05) is 0 Å². The second kappa shape index (κ2) is 12.6. The molecule has 1 N–H and O–H groups in total. The minimum Gasteiger partial charge on any atom is -0.481 e. The van der Waals surface area contributed by atoms with E-state index in [2.05, 4.69) is 37.0 Å². The molecule has 2 aromatic carbocycles. The van der Waals surface area contributed by atoms with Crippen LogP contribution in [0.5, 0.6) is 0 Å². The van der Waals surface area contributed by atoms with Gasteiger partial charge in [-0.05, 0) is 67.9 Å². The lowest BCUT2D eigenvalue weighted by molar-refractivity contribution is -0.136. The van der Waals surface area contributed by atoms with Crippen molar-refractivity contribution >= 4 is 23.1 Å². The molecule has 0 unspecified atom stereocenters. The molecule has 0 aliphatic heterocycles. The number of aryl methyl sites for hydroxylation is 5. The molecule has 0 fully saturated rings. The average Bonchev–Trinajstić information content (AvgIpc) is 3.28. The van der Waals surface area contributed by atoms with Gasteiger partial charge >= 0.3 is 5.97 Å². The second-order valence-corrected chi connectivity index (χ2v) is 10.2. The molecule has 0 aliphatic rings. The first kappa shape index (κ1) is 25.8. The molecule has 4 nitrogen and oxygen atoms in total. The number of hydrogen-bond donors (Lipinski definition) is 1. The topological polar surface area (TPSA) is 67.3 Å². The molecule has 0 saturated carbocycles. The zero-order valence-electron chi connectivity index (χ0n) is 20.5. The van der Waals surface area contributed by atoms with Gasteiger partial charge in [0.25, 0.3) is 0 Å². The fourth-order valence-electron chi connectivity index (χ4n) is 4.20. The van der Waals surface area contributed by atoms with E-state index in [1.807, 2.05) is 31.3 Å². The Hall–Kier alpha value is -2.79. The van der Waals surface area contributed by atoms with E-state index < -0.39 is 5.97 Å². The number of aliphatic carboxylic acids is 1. The molecule has 3 aromatic rings. The minimum atomic E-state index is -0.808. The predicted octanol–water partition coefficient (Wildman–Crippen LogP) is 7.38. The third-order valence-corrected chi connectivity index (χ3v) is 7.36. The Balaban J connectivity index is 1.57. The van der Waals surface area contributed by atoms with Gasteiger partial charge in [0.15, 0.2) is 5.78 Å². The largest absolute Gasteiger partial charge is 0.481 e. The lowest BCUT2D eigenvalue weighted by atomic mass is 9.98. The molecule has 180 valence electrons. The van der Waals surface area contributed by atoms with Crippen LogP contribution in [0.25, 0.3) is 10.6 Å². The fraction of sp³-hybridized carbons (Fsp3) is 0.414. The number of hydrogen-bond acceptors (Lipinski definition) is 4. The number of benzene rings is 2. The Kier molecular flexibility index (Phi) is 9.58. The Morgan fingerprint density at radius 2 is 1.74 bits per heavy atom. The van der Waals surface area contributed by atoms with Crippen molar-refractivity contribution in [1.29, 1.82) is 0 Å². The molecular weight excluding hydrogens is 442 g/mol. The van der Waals surface area contributed by atoms with Crippen LogP contribution in [-0.4, -0.2) is 21.8 Å². The maximum atomic E-state index is 12.7. The summed E-state index contributed by atoms with van der Waals surface area (Å²) >= 11 is 1.66. The van der Waals surface area contributed by atoms with Crippen LogP contribution in [0.4, 0.5) is 0 Å². The Labute approximate surface area is 207 Å². The summed E-state index contributed by atoms with van der Waals surface area (Å²) in [4.78, 5) is 29.3. The van der Waals surface area contributed by atoms with Gasteiger partial charge in [-0.25, -0.2) is 4.98 Å². The molecule has 0 bridgehead atoms. The van der Waals surface area contributed by atoms with E-state index in [0.717, 1.165) is 27.4 Å². The van der Waals surface area contributed by atoms with Gasteiger partial charge in [0.2, 0.25) is 0 Å². The Morgan fingerprint density at radius 1 is 0.912 bits per heavy atom. The molecule has 0 amide bonds. The number of thiazole rings is 1. The molecule has 34 heavy (non-hydrogen) atoms. The quantitative estimate of drug-likeness (QED) is 0.206. The summed E-state index contributed by atoms with van der Waals surface area (Å²) in [5, 5.41) is 9.89. The highest BCUT2D eigenvalue weighted by Crippen LogP contribution is 2.30. The van der Waals surface area contributed by atoms with Crippen molar-refractivity contribution in [3.05, 3.63) is 75.3 Å². The first-order valence-corrected chi connectivity index (χ1v) is 13.1. The lowest BCUT2D eigenvalue weighted by Gasteiger charge is -2.07. The van der Waals surface area contributed by atoms with E-state index in [-0.39, 0.29) is 12.2 Å². The van der Waals surface area contributed by atoms with Crippen LogP contribution in [0.15, 0.2) is 42.6 Å². The number of unbranched alkanes of at least 4 members (excludes halogenated alkanes) is 3. The average molecular weight is 478 g/mol. The van der Waals surface area contributed by atoms with E-state index >= 15 is 0 Å². The van der Waals surface area contributed by atoms with Crippen LogP contribution in [0.3, 0.4) is 0 Å². The summed E-state index contributed by atoms with van der Waals surface area (Å²) in [7, 11) is 0. The molecule has 0 atom stereocenters. The highest BCUT2D eigenvalue weighted by atomic mass is 32.1. The first-order chi connectivity index (χ1) is 16.4. The normalized spacial score (nSPS) is 11.0. The number of carboxylic acids is 1. The molecular formula is C29H35NO3S. The molecule has 0 spiro atoms. The molecule has 0 radical (unpaired) electrons. The van der Waals surface area contributed by atoms with Gasteiger partial charge in [-0.3, -0.25) is 9.59 Å². The van der Waals surface area contributed by atoms with Crippen LogP contribution < -0.4 is 0 Å². The van der Waals surface area contributed by atoms with E-state index in [0.29, 0.717) is 24.8 Å². The maximum absolute atomic E-state index is 12.7. The third kappa shape index (κ3) is 7.36. The molecule has 5 heteroatoms. The summed E-state index contributed by atoms with van der Waals surface area (Å²) in [6.07, 6.45) is 9.82. The number of ketones is 1. The van der Waals surface area contributed by atoms with Gasteiger partial charge in [0, 0.05) is 35.0 Å². The van der Waals surface area contributed by atoms with Crippen molar-refractivity contribution in [3.8, 4) is 10.6 Å². The molecule has 1 aromatic heterocycles. The highest BCUT2D eigenvalue weighted by Gasteiger charge is 2.12. The van der Waals surface area contributed by atoms with Crippen LogP contribution >= 0.6 is 11.3 Å². The zero-order valence-corrected chi connectivity index (χ0v) is 21.3. The monoisotopic (exact) mass is 477 g/mol. The zero-order chi connectivity index (χ0) is 24.5. The van der Waals surface area contributed by atoms with Crippen LogP contribution in [0, 0.1) is 13.8 Å². The van der Waals surface area contributed by atoms with Crippen molar-refractivity contribution < 1.29 is 14.7 Å². The van der Waals surface area contributed by atoms with E-state index in [4.69, 9.17) is 5.11 Å². The standard InChI is InChI=1S/C29H35NO3S/c1-4-5-6-7-8-22-9-14-26(21(3)17-22)29-30-19-25(34-29)13-15-27(31)24-11-10-23(20(2)18-24)12-16-28(32)33/h9-11,14,17-19H,4-8,12-13,15-16H2,1-3H3,(H,32,33). The number of carbonyl (C=O) groups excluding carboxylic acids is 1. The summed E-state index contributed by atoms with van der Waals surface area (Å²) in [5.74, 6) is -0.705. The summed E-state index contributed by atoms with van der Waals surface area (Å²) in [5.41, 5.74) is 6.46. The number of rotatable bonds is 13. The molecule has 3 rings (SSSR count). The molecule has 0 aliphatic carbocycles. The van der Waals surface area contributed by atoms with Crippen LogP contribution in [0.2, 0.25) is 0 Å². The third-order valence-electron chi connectivity index (χ3n) is 6.27. The van der Waals surface area contributed by atoms with Crippen LogP contribution in [-0.2, 0) is 24.1 Å². The fourth-order valence-corrected chi connectivity index (χ4v) is 5.20. The van der Waals surface area contributed by atoms with E-state index in [1.165, 1.54) is 42.4 Å². The van der Waals surface area contributed by atoms with Crippen molar-refractivity contribution in [2.45, 2.75) is 78.6 Å². The Morgan fingerprint density at radius 3 is 2.44 bits per heavy atom.